The van der Waals surface area contributed by atoms with Gasteiger partial charge in [-0.1, -0.05) is 13.8 Å². The average Bonchev–Trinajstić information content (AvgIpc) is 2.42. The SMILES string of the molecule is CC(C)CC(C(=O)O)n1c(O)ccc1O. The lowest BCUT2D eigenvalue weighted by Crippen LogP contribution is -2.20. The van der Waals surface area contributed by atoms with E-state index in [9.17, 15) is 15.0 Å². The second-order valence-corrected chi connectivity index (χ2v) is 3.90. The van der Waals surface area contributed by atoms with Crippen molar-refractivity contribution in [2.24, 2.45) is 5.92 Å². The van der Waals surface area contributed by atoms with E-state index in [0.717, 1.165) is 4.57 Å². The molecule has 0 saturated carbocycles. The number of aromatic nitrogens is 1. The summed E-state index contributed by atoms with van der Waals surface area (Å²) in [6, 6.07) is 1.61. The number of hydrogen-bond acceptors (Lipinski definition) is 3. The van der Waals surface area contributed by atoms with Crippen LogP contribution in [0.3, 0.4) is 0 Å². The molecule has 1 heterocycles. The molecule has 0 spiro atoms. The van der Waals surface area contributed by atoms with Gasteiger partial charge in [-0.25, -0.2) is 4.79 Å². The van der Waals surface area contributed by atoms with Gasteiger partial charge >= 0.3 is 5.97 Å². The summed E-state index contributed by atoms with van der Waals surface area (Å²) in [5, 5.41) is 27.8. The van der Waals surface area contributed by atoms with Crippen LogP contribution in [-0.4, -0.2) is 25.9 Å². The Hall–Kier alpha value is -1.65. The van der Waals surface area contributed by atoms with E-state index in [-0.39, 0.29) is 17.7 Å². The topological polar surface area (TPSA) is 82.7 Å². The summed E-state index contributed by atoms with van der Waals surface area (Å²) in [6.07, 6.45) is 0.352. The normalized spacial score (nSPS) is 13.0. The van der Waals surface area contributed by atoms with Gasteiger partial charge in [-0.3, -0.25) is 4.57 Å². The van der Waals surface area contributed by atoms with Crippen LogP contribution in [0.5, 0.6) is 11.8 Å². The molecule has 0 fully saturated rings. The molecular formula is C10H15NO4. The molecule has 1 atom stereocenters. The molecule has 15 heavy (non-hydrogen) atoms. The molecule has 0 aliphatic heterocycles. The Morgan fingerprint density at radius 2 is 1.80 bits per heavy atom. The Labute approximate surface area is 87.6 Å². The van der Waals surface area contributed by atoms with Gasteiger partial charge in [-0.05, 0) is 12.3 Å². The molecule has 3 N–H and O–H groups in total. The zero-order valence-electron chi connectivity index (χ0n) is 8.71. The van der Waals surface area contributed by atoms with Gasteiger partial charge < -0.3 is 15.3 Å². The Bertz CT molecular complexity index is 337. The van der Waals surface area contributed by atoms with Crippen molar-refractivity contribution >= 4 is 5.97 Å². The Balaban J connectivity index is 3.04. The molecule has 84 valence electrons. The van der Waals surface area contributed by atoms with Crippen molar-refractivity contribution in [2.45, 2.75) is 26.3 Å². The standard InChI is InChI=1S/C10H15NO4/c1-6(2)5-7(10(14)15)11-8(12)3-4-9(11)13/h3-4,6-7,12-13H,5H2,1-2H3,(H,14,15). The molecule has 1 rings (SSSR count). The van der Waals surface area contributed by atoms with E-state index in [0.29, 0.717) is 6.42 Å². The van der Waals surface area contributed by atoms with E-state index in [2.05, 4.69) is 0 Å². The molecule has 5 heteroatoms. The minimum atomic E-state index is -1.06. The van der Waals surface area contributed by atoms with Gasteiger partial charge in [0, 0.05) is 12.1 Å². The molecule has 1 unspecified atom stereocenters. The van der Waals surface area contributed by atoms with Crippen molar-refractivity contribution in [3.8, 4) is 11.8 Å². The van der Waals surface area contributed by atoms with E-state index >= 15 is 0 Å². The van der Waals surface area contributed by atoms with Crippen molar-refractivity contribution in [2.75, 3.05) is 0 Å². The molecule has 0 aliphatic rings. The second kappa shape index (κ2) is 4.25. The summed E-state index contributed by atoms with van der Waals surface area (Å²) in [4.78, 5) is 11.0. The number of carboxylic acid groups (broad SMARTS) is 1. The monoisotopic (exact) mass is 213 g/mol. The highest BCUT2D eigenvalue weighted by Crippen LogP contribution is 2.30. The van der Waals surface area contributed by atoms with Gasteiger partial charge in [0.05, 0.1) is 0 Å². The maximum Gasteiger partial charge on any atom is 0.326 e. The molecule has 0 aliphatic carbocycles. The summed E-state index contributed by atoms with van der Waals surface area (Å²) in [5.41, 5.74) is 0. The van der Waals surface area contributed by atoms with E-state index in [1.54, 1.807) is 0 Å². The summed E-state index contributed by atoms with van der Waals surface area (Å²) < 4.78 is 1.02. The number of aromatic hydroxyl groups is 2. The average molecular weight is 213 g/mol. The van der Waals surface area contributed by atoms with Crippen LogP contribution in [0, 0.1) is 5.92 Å². The predicted molar refractivity (Wildman–Crippen MR) is 53.9 cm³/mol. The first kappa shape index (κ1) is 11.4. The Kier molecular flexibility index (Phi) is 3.24. The lowest BCUT2D eigenvalue weighted by molar-refractivity contribution is -0.141. The summed E-state index contributed by atoms with van der Waals surface area (Å²) >= 11 is 0. The third kappa shape index (κ3) is 2.43. The van der Waals surface area contributed by atoms with E-state index < -0.39 is 12.0 Å². The minimum Gasteiger partial charge on any atom is -0.494 e. The highest BCUT2D eigenvalue weighted by molar-refractivity contribution is 5.72. The summed E-state index contributed by atoms with van der Waals surface area (Å²) in [7, 11) is 0. The first-order valence-electron chi connectivity index (χ1n) is 4.75. The number of aliphatic carboxylic acids is 1. The van der Waals surface area contributed by atoms with Crippen LogP contribution in [0.2, 0.25) is 0 Å². The van der Waals surface area contributed by atoms with Crippen LogP contribution < -0.4 is 0 Å². The van der Waals surface area contributed by atoms with Crippen LogP contribution >= 0.6 is 0 Å². The van der Waals surface area contributed by atoms with Gasteiger partial charge in [0.1, 0.15) is 6.04 Å². The Morgan fingerprint density at radius 1 is 1.33 bits per heavy atom. The number of rotatable bonds is 4. The predicted octanol–water partition coefficient (Wildman–Crippen LogP) is 1.57. The van der Waals surface area contributed by atoms with Crippen molar-refractivity contribution in [1.82, 2.24) is 4.57 Å². The smallest absolute Gasteiger partial charge is 0.326 e. The molecule has 0 amide bonds. The third-order valence-electron chi connectivity index (χ3n) is 2.17. The molecule has 0 saturated heterocycles. The third-order valence-corrected chi connectivity index (χ3v) is 2.17. The fraction of sp³-hybridized carbons (Fsp3) is 0.500. The van der Waals surface area contributed by atoms with E-state index in [1.807, 2.05) is 13.8 Å². The van der Waals surface area contributed by atoms with Gasteiger partial charge in [-0.15, -0.1) is 0 Å². The van der Waals surface area contributed by atoms with Gasteiger partial charge in [0.2, 0.25) is 0 Å². The molecular weight excluding hydrogens is 198 g/mol. The van der Waals surface area contributed by atoms with Crippen LogP contribution in [0.4, 0.5) is 0 Å². The maximum atomic E-state index is 11.0. The van der Waals surface area contributed by atoms with Crippen molar-refractivity contribution in [1.29, 1.82) is 0 Å². The van der Waals surface area contributed by atoms with Gasteiger partial charge in [-0.2, -0.15) is 0 Å². The fourth-order valence-corrected chi connectivity index (χ4v) is 1.51. The van der Waals surface area contributed by atoms with Crippen molar-refractivity contribution in [3.63, 3.8) is 0 Å². The fourth-order valence-electron chi connectivity index (χ4n) is 1.51. The first-order valence-corrected chi connectivity index (χ1v) is 4.75. The van der Waals surface area contributed by atoms with E-state index in [1.165, 1.54) is 12.1 Å². The zero-order chi connectivity index (χ0) is 11.6. The quantitative estimate of drug-likeness (QED) is 0.709. The van der Waals surface area contributed by atoms with Gasteiger partial charge in [0.25, 0.3) is 0 Å². The van der Waals surface area contributed by atoms with Gasteiger partial charge in [0.15, 0.2) is 11.8 Å². The number of hydrogen-bond donors (Lipinski definition) is 3. The lowest BCUT2D eigenvalue weighted by Gasteiger charge is -2.18. The van der Waals surface area contributed by atoms with Crippen LogP contribution in [0.1, 0.15) is 26.3 Å². The van der Waals surface area contributed by atoms with Crippen LogP contribution in [0.25, 0.3) is 0 Å². The first-order chi connectivity index (χ1) is 6.93. The molecule has 0 radical (unpaired) electrons. The maximum absolute atomic E-state index is 11.0. The number of carbonyl (C=O) groups is 1. The van der Waals surface area contributed by atoms with E-state index in [4.69, 9.17) is 5.11 Å². The van der Waals surface area contributed by atoms with Crippen LogP contribution in [-0.2, 0) is 4.79 Å². The minimum absolute atomic E-state index is 0.160. The largest absolute Gasteiger partial charge is 0.494 e. The summed E-state index contributed by atoms with van der Waals surface area (Å²) in [5.74, 6) is -1.38. The highest BCUT2D eigenvalue weighted by Gasteiger charge is 2.25. The molecule has 0 aromatic carbocycles. The zero-order valence-corrected chi connectivity index (χ0v) is 8.71. The highest BCUT2D eigenvalue weighted by atomic mass is 16.4. The lowest BCUT2D eigenvalue weighted by atomic mass is 10.0. The number of nitrogens with zero attached hydrogens (tertiary/aromatic N) is 1. The molecule has 0 bridgehead atoms. The summed E-state index contributed by atoms with van der Waals surface area (Å²) in [6.45, 7) is 3.76. The van der Waals surface area contributed by atoms with Crippen molar-refractivity contribution in [3.05, 3.63) is 12.1 Å². The molecule has 5 nitrogen and oxygen atoms in total. The molecule has 1 aromatic rings. The second-order valence-electron chi connectivity index (χ2n) is 3.90. The molecule has 1 aromatic heterocycles. The number of carboxylic acids is 1. The van der Waals surface area contributed by atoms with Crippen LogP contribution in [0.15, 0.2) is 12.1 Å². The Morgan fingerprint density at radius 3 is 2.13 bits per heavy atom. The van der Waals surface area contributed by atoms with Crippen molar-refractivity contribution < 1.29 is 20.1 Å².